The monoisotopic (exact) mass is 437 g/mol. The Morgan fingerprint density at radius 1 is 1.00 bits per heavy atom. The van der Waals surface area contributed by atoms with Gasteiger partial charge in [0.1, 0.15) is 17.6 Å². The summed E-state index contributed by atoms with van der Waals surface area (Å²) in [5.41, 5.74) is 0.913. The van der Waals surface area contributed by atoms with Gasteiger partial charge in [-0.15, -0.1) is 10.2 Å². The molecule has 0 aliphatic heterocycles. The van der Waals surface area contributed by atoms with Gasteiger partial charge >= 0.3 is 0 Å². The fraction of sp³-hybridized carbons (Fsp3) is 0.0870. The number of ether oxygens (including phenoxy) is 1. The fourth-order valence-electron chi connectivity index (χ4n) is 2.91. The van der Waals surface area contributed by atoms with Gasteiger partial charge in [-0.2, -0.15) is 0 Å². The predicted molar refractivity (Wildman–Crippen MR) is 113 cm³/mol. The Labute approximate surface area is 182 Å². The lowest BCUT2D eigenvalue weighted by Crippen LogP contribution is -2.34. The number of carbonyl (C=O) groups excluding carboxylic acids is 1. The molecule has 1 heterocycles. The minimum atomic E-state index is -0.979. The first-order chi connectivity index (χ1) is 15.1. The molecule has 31 heavy (non-hydrogen) atoms. The number of hydrogen-bond acceptors (Lipinski definition) is 5. The van der Waals surface area contributed by atoms with E-state index in [4.69, 9.17) is 20.8 Å². The molecule has 0 aliphatic rings. The molecular formula is C23H17ClFN3O3. The summed E-state index contributed by atoms with van der Waals surface area (Å²) in [6.07, 6.45) is 0. The van der Waals surface area contributed by atoms with Crippen LogP contribution >= 0.6 is 11.6 Å². The van der Waals surface area contributed by atoms with Crippen LogP contribution in [-0.4, -0.2) is 22.7 Å². The number of halogens is 2. The quantitative estimate of drug-likeness (QED) is 0.449. The molecule has 156 valence electrons. The number of benzene rings is 3. The van der Waals surface area contributed by atoms with Gasteiger partial charge in [-0.05, 0) is 42.5 Å². The summed E-state index contributed by atoms with van der Waals surface area (Å²) in [6.45, 7) is -0.285. The highest BCUT2D eigenvalue weighted by molar-refractivity contribution is 6.30. The van der Waals surface area contributed by atoms with E-state index in [9.17, 15) is 9.18 Å². The van der Waals surface area contributed by atoms with E-state index in [2.05, 4.69) is 15.5 Å². The van der Waals surface area contributed by atoms with Gasteiger partial charge in [0.2, 0.25) is 11.8 Å². The van der Waals surface area contributed by atoms with Gasteiger partial charge in [0.25, 0.3) is 5.91 Å². The van der Waals surface area contributed by atoms with Crippen molar-refractivity contribution in [2.75, 3.05) is 6.61 Å². The Bertz CT molecular complexity index is 1170. The molecule has 0 saturated heterocycles. The van der Waals surface area contributed by atoms with Gasteiger partial charge in [0.15, 0.2) is 6.61 Å². The number of hydrogen-bond donors (Lipinski definition) is 1. The van der Waals surface area contributed by atoms with Crippen molar-refractivity contribution in [1.29, 1.82) is 0 Å². The molecule has 0 radical (unpaired) electrons. The molecule has 0 aliphatic carbocycles. The highest BCUT2D eigenvalue weighted by Crippen LogP contribution is 2.26. The van der Waals surface area contributed by atoms with Gasteiger partial charge in [-0.3, -0.25) is 4.79 Å². The van der Waals surface area contributed by atoms with Crippen LogP contribution in [0, 0.1) is 5.82 Å². The third kappa shape index (κ3) is 5.07. The molecule has 3 aromatic carbocycles. The van der Waals surface area contributed by atoms with Crippen molar-refractivity contribution in [2.45, 2.75) is 6.04 Å². The second kappa shape index (κ2) is 9.40. The first kappa shape index (κ1) is 20.6. The topological polar surface area (TPSA) is 77.2 Å². The molecule has 0 spiro atoms. The van der Waals surface area contributed by atoms with E-state index in [0.29, 0.717) is 16.3 Å². The Morgan fingerprint density at radius 2 is 1.71 bits per heavy atom. The lowest BCUT2D eigenvalue weighted by molar-refractivity contribution is -0.123. The molecule has 4 rings (SSSR count). The van der Waals surface area contributed by atoms with Crippen molar-refractivity contribution in [1.82, 2.24) is 15.5 Å². The van der Waals surface area contributed by atoms with Crippen molar-refractivity contribution >= 4 is 17.5 Å². The lowest BCUT2D eigenvalue weighted by atomic mass is 10.1. The Balaban J connectivity index is 1.55. The maximum atomic E-state index is 14.5. The van der Waals surface area contributed by atoms with Crippen LogP contribution in [0.3, 0.4) is 0 Å². The van der Waals surface area contributed by atoms with E-state index in [1.807, 2.05) is 30.3 Å². The summed E-state index contributed by atoms with van der Waals surface area (Å²) < 4.78 is 25.7. The molecule has 0 fully saturated rings. The average Bonchev–Trinajstić information content (AvgIpc) is 3.28. The van der Waals surface area contributed by atoms with Crippen LogP contribution in [0.5, 0.6) is 5.75 Å². The second-order valence-corrected chi connectivity index (χ2v) is 7.01. The highest BCUT2D eigenvalue weighted by Gasteiger charge is 2.26. The van der Waals surface area contributed by atoms with Crippen LogP contribution in [0.1, 0.15) is 17.5 Å². The van der Waals surface area contributed by atoms with Gasteiger partial charge < -0.3 is 14.5 Å². The van der Waals surface area contributed by atoms with Crippen LogP contribution in [-0.2, 0) is 4.79 Å². The third-order valence-electron chi connectivity index (χ3n) is 4.41. The number of nitrogens with one attached hydrogen (secondary N) is 1. The summed E-state index contributed by atoms with van der Waals surface area (Å²) in [5, 5.41) is 11.3. The number of nitrogens with zero attached hydrogens (tertiary/aromatic N) is 2. The largest absolute Gasteiger partial charge is 0.484 e. The van der Waals surface area contributed by atoms with Gasteiger partial charge in [-0.25, -0.2) is 4.39 Å². The summed E-state index contributed by atoms with van der Waals surface area (Å²) in [5.74, 6) is -0.188. The van der Waals surface area contributed by atoms with Crippen molar-refractivity contribution < 1.29 is 18.3 Å². The number of aromatic nitrogens is 2. The predicted octanol–water partition coefficient (Wildman–Crippen LogP) is 4.81. The Morgan fingerprint density at radius 3 is 2.45 bits per heavy atom. The summed E-state index contributed by atoms with van der Waals surface area (Å²) in [7, 11) is 0. The van der Waals surface area contributed by atoms with Gasteiger partial charge in [0, 0.05) is 16.1 Å². The minimum Gasteiger partial charge on any atom is -0.484 e. The standard InChI is InChI=1S/C23H17ClFN3O3/c24-16-10-12-17(13-11-16)30-14-20(29)26-21(18-8-4-5-9-19(18)25)23-28-27-22(31-23)15-6-2-1-3-7-15/h1-13,21H,14H2,(H,26,29)/t21-/m0/s1. The van der Waals surface area contributed by atoms with E-state index in [-0.39, 0.29) is 24.0 Å². The van der Waals surface area contributed by atoms with Crippen molar-refractivity contribution in [3.05, 3.63) is 101 Å². The normalized spacial score (nSPS) is 11.7. The fourth-order valence-corrected chi connectivity index (χ4v) is 3.04. The van der Waals surface area contributed by atoms with E-state index < -0.39 is 17.8 Å². The molecule has 8 heteroatoms. The van der Waals surface area contributed by atoms with E-state index in [0.717, 1.165) is 0 Å². The zero-order chi connectivity index (χ0) is 21.6. The maximum Gasteiger partial charge on any atom is 0.258 e. The molecule has 1 N–H and O–H groups in total. The highest BCUT2D eigenvalue weighted by atomic mass is 35.5. The number of carbonyl (C=O) groups is 1. The average molecular weight is 438 g/mol. The van der Waals surface area contributed by atoms with Crippen LogP contribution in [0.15, 0.2) is 83.3 Å². The third-order valence-corrected chi connectivity index (χ3v) is 4.67. The van der Waals surface area contributed by atoms with Gasteiger partial charge in [-0.1, -0.05) is 48.0 Å². The van der Waals surface area contributed by atoms with Crippen LogP contribution < -0.4 is 10.1 Å². The Kier molecular flexibility index (Phi) is 6.24. The molecule has 1 atom stereocenters. The van der Waals surface area contributed by atoms with Crippen molar-refractivity contribution in [2.24, 2.45) is 0 Å². The summed E-state index contributed by atoms with van der Waals surface area (Å²) in [6, 6.07) is 20.9. The van der Waals surface area contributed by atoms with Crippen molar-refractivity contribution in [3.8, 4) is 17.2 Å². The first-order valence-corrected chi connectivity index (χ1v) is 9.79. The molecule has 4 aromatic rings. The maximum absolute atomic E-state index is 14.5. The molecule has 0 saturated carbocycles. The summed E-state index contributed by atoms with van der Waals surface area (Å²) >= 11 is 5.85. The lowest BCUT2D eigenvalue weighted by Gasteiger charge is -2.16. The zero-order valence-electron chi connectivity index (χ0n) is 16.2. The molecule has 0 unspecified atom stereocenters. The molecule has 6 nitrogen and oxygen atoms in total. The molecular weight excluding hydrogens is 421 g/mol. The van der Waals surface area contributed by atoms with E-state index >= 15 is 0 Å². The molecule has 1 amide bonds. The summed E-state index contributed by atoms with van der Waals surface area (Å²) in [4.78, 5) is 12.6. The van der Waals surface area contributed by atoms with Gasteiger partial charge in [0.05, 0.1) is 0 Å². The van der Waals surface area contributed by atoms with Crippen LogP contribution in [0.25, 0.3) is 11.5 Å². The molecule has 1 aromatic heterocycles. The second-order valence-electron chi connectivity index (χ2n) is 6.58. The number of amides is 1. The van der Waals surface area contributed by atoms with E-state index in [1.165, 1.54) is 6.07 Å². The van der Waals surface area contributed by atoms with Crippen LogP contribution in [0.4, 0.5) is 4.39 Å². The van der Waals surface area contributed by atoms with Crippen molar-refractivity contribution in [3.63, 3.8) is 0 Å². The smallest absolute Gasteiger partial charge is 0.258 e. The van der Waals surface area contributed by atoms with E-state index in [1.54, 1.807) is 42.5 Å². The minimum absolute atomic E-state index is 0.0591. The number of rotatable bonds is 7. The zero-order valence-corrected chi connectivity index (χ0v) is 16.9. The van der Waals surface area contributed by atoms with Crippen LogP contribution in [0.2, 0.25) is 5.02 Å². The molecule has 0 bridgehead atoms. The SMILES string of the molecule is O=C(COc1ccc(Cl)cc1)N[C@H](c1nnc(-c2ccccc2)o1)c1ccccc1F. The first-order valence-electron chi connectivity index (χ1n) is 9.41. The Hall–Kier alpha value is -3.71.